The highest BCUT2D eigenvalue weighted by atomic mass is 32.2. The third-order valence-corrected chi connectivity index (χ3v) is 6.66. The van der Waals surface area contributed by atoms with E-state index >= 15 is 0 Å². The van der Waals surface area contributed by atoms with Gasteiger partial charge < -0.3 is 9.30 Å². The summed E-state index contributed by atoms with van der Waals surface area (Å²) in [5, 5.41) is -0.298. The first-order valence-corrected chi connectivity index (χ1v) is 9.79. The molecular formula is C14H21N3O5S2. The van der Waals surface area contributed by atoms with Crippen LogP contribution in [0.4, 0.5) is 0 Å². The molecular weight excluding hydrogens is 354 g/mol. The van der Waals surface area contributed by atoms with E-state index in [1.807, 2.05) is 4.90 Å². The summed E-state index contributed by atoms with van der Waals surface area (Å²) in [4.78, 5) is 25.7. The largest absolute Gasteiger partial charge is 0.468 e. The van der Waals surface area contributed by atoms with Crippen LogP contribution in [0.5, 0.6) is 0 Å². The van der Waals surface area contributed by atoms with Gasteiger partial charge in [-0.05, 0) is 6.07 Å². The summed E-state index contributed by atoms with van der Waals surface area (Å²) in [5.74, 6) is 0.450. The highest BCUT2D eigenvalue weighted by Crippen LogP contribution is 2.20. The Kier molecular flexibility index (Phi) is 6.07. The molecule has 1 aromatic rings. The van der Waals surface area contributed by atoms with E-state index in [4.69, 9.17) is 4.74 Å². The molecule has 0 amide bonds. The van der Waals surface area contributed by atoms with Crippen LogP contribution in [0.1, 0.15) is 0 Å². The van der Waals surface area contributed by atoms with Crippen LogP contribution in [0.3, 0.4) is 0 Å². The van der Waals surface area contributed by atoms with Crippen LogP contribution in [0.15, 0.2) is 28.0 Å². The first kappa shape index (κ1) is 19.0. The van der Waals surface area contributed by atoms with Crippen molar-refractivity contribution in [1.29, 1.82) is 0 Å². The number of ether oxygens (including phenoxy) is 1. The molecule has 1 fully saturated rings. The standard InChI is InChI=1S/C14H21N3O5S2/c1-15(2)24(20,21)11-4-5-13(18)17(8-11)10-16-6-7-23-12(9-16)14(19)22-3/h4-5,8,12H,6-7,9-10H2,1-3H3/t12-/m0/s1. The van der Waals surface area contributed by atoms with Gasteiger partial charge in [-0.15, -0.1) is 11.8 Å². The van der Waals surface area contributed by atoms with Crippen LogP contribution in [-0.4, -0.2) is 73.5 Å². The Labute approximate surface area is 145 Å². The number of sulfonamides is 1. The smallest absolute Gasteiger partial charge is 0.320 e. The Balaban J connectivity index is 2.21. The number of carbonyl (C=O) groups is 1. The fourth-order valence-electron chi connectivity index (χ4n) is 2.30. The van der Waals surface area contributed by atoms with Gasteiger partial charge in [0.05, 0.1) is 18.7 Å². The van der Waals surface area contributed by atoms with Crippen molar-refractivity contribution in [2.24, 2.45) is 0 Å². The highest BCUT2D eigenvalue weighted by Gasteiger charge is 2.27. The minimum atomic E-state index is -3.61. The van der Waals surface area contributed by atoms with E-state index in [9.17, 15) is 18.0 Å². The summed E-state index contributed by atoms with van der Waals surface area (Å²) in [7, 11) is 0.617. The summed E-state index contributed by atoms with van der Waals surface area (Å²) in [6.07, 6.45) is 1.34. The second kappa shape index (κ2) is 7.68. The van der Waals surface area contributed by atoms with E-state index in [-0.39, 0.29) is 28.3 Å². The summed E-state index contributed by atoms with van der Waals surface area (Å²) >= 11 is 1.52. The lowest BCUT2D eigenvalue weighted by molar-refractivity contribution is -0.140. The molecule has 134 valence electrons. The Bertz CT molecular complexity index is 760. The number of methoxy groups -OCH3 is 1. The maximum atomic E-state index is 12.2. The van der Waals surface area contributed by atoms with Gasteiger partial charge >= 0.3 is 5.97 Å². The van der Waals surface area contributed by atoms with Crippen molar-refractivity contribution >= 4 is 27.8 Å². The van der Waals surface area contributed by atoms with Crippen molar-refractivity contribution in [2.45, 2.75) is 16.8 Å². The first-order valence-electron chi connectivity index (χ1n) is 7.30. The summed E-state index contributed by atoms with van der Waals surface area (Å²) < 4.78 is 31.6. The van der Waals surface area contributed by atoms with Gasteiger partial charge in [0, 0.05) is 45.2 Å². The van der Waals surface area contributed by atoms with Crippen LogP contribution in [0.25, 0.3) is 0 Å². The van der Waals surface area contributed by atoms with Gasteiger partial charge in [0.1, 0.15) is 5.25 Å². The molecule has 0 spiro atoms. The van der Waals surface area contributed by atoms with E-state index in [1.54, 1.807) is 0 Å². The van der Waals surface area contributed by atoms with E-state index < -0.39 is 10.0 Å². The molecule has 24 heavy (non-hydrogen) atoms. The molecule has 0 aromatic carbocycles. The Morgan fingerprint density at radius 3 is 2.75 bits per heavy atom. The van der Waals surface area contributed by atoms with Gasteiger partial charge in [-0.3, -0.25) is 14.5 Å². The van der Waals surface area contributed by atoms with E-state index in [1.165, 1.54) is 55.9 Å². The molecule has 0 bridgehead atoms. The summed E-state index contributed by atoms with van der Waals surface area (Å²) in [6, 6.07) is 2.55. The lowest BCUT2D eigenvalue weighted by Gasteiger charge is -2.31. The molecule has 1 atom stereocenters. The number of hydrogen-bond donors (Lipinski definition) is 0. The van der Waals surface area contributed by atoms with Crippen molar-refractivity contribution in [1.82, 2.24) is 13.8 Å². The van der Waals surface area contributed by atoms with Crippen LogP contribution in [0.2, 0.25) is 0 Å². The number of thioether (sulfide) groups is 1. The Morgan fingerprint density at radius 1 is 1.42 bits per heavy atom. The molecule has 1 saturated heterocycles. The number of rotatable bonds is 5. The topological polar surface area (TPSA) is 88.9 Å². The molecule has 10 heteroatoms. The molecule has 0 radical (unpaired) electrons. The lowest BCUT2D eigenvalue weighted by atomic mass is 10.3. The zero-order chi connectivity index (χ0) is 17.9. The van der Waals surface area contributed by atoms with Crippen molar-refractivity contribution in [2.75, 3.05) is 40.0 Å². The van der Waals surface area contributed by atoms with Crippen LogP contribution < -0.4 is 5.56 Å². The highest BCUT2D eigenvalue weighted by molar-refractivity contribution is 8.00. The van der Waals surface area contributed by atoms with Gasteiger partial charge in [-0.2, -0.15) is 0 Å². The third-order valence-electron chi connectivity index (χ3n) is 3.70. The van der Waals surface area contributed by atoms with Gasteiger partial charge in [0.2, 0.25) is 10.0 Å². The maximum Gasteiger partial charge on any atom is 0.320 e. The molecule has 2 rings (SSSR count). The first-order chi connectivity index (χ1) is 11.3. The fraction of sp³-hybridized carbons (Fsp3) is 0.571. The van der Waals surface area contributed by atoms with Crippen molar-refractivity contribution < 1.29 is 17.9 Å². The molecule has 1 aromatic heterocycles. The van der Waals surface area contributed by atoms with E-state index in [0.29, 0.717) is 13.1 Å². The predicted molar refractivity (Wildman–Crippen MR) is 91.4 cm³/mol. The second-order valence-corrected chi connectivity index (χ2v) is 9.02. The van der Waals surface area contributed by atoms with Crippen LogP contribution in [0, 0.1) is 0 Å². The molecule has 0 N–H and O–H groups in total. The molecule has 1 aliphatic rings. The molecule has 0 saturated carbocycles. The molecule has 1 aliphatic heterocycles. The monoisotopic (exact) mass is 375 g/mol. The van der Waals surface area contributed by atoms with Gasteiger partial charge in [0.25, 0.3) is 5.56 Å². The van der Waals surface area contributed by atoms with Crippen molar-refractivity contribution in [3.63, 3.8) is 0 Å². The van der Waals surface area contributed by atoms with Crippen molar-refractivity contribution in [3.8, 4) is 0 Å². The maximum absolute atomic E-state index is 12.2. The fourth-order valence-corrected chi connectivity index (χ4v) is 4.42. The molecule has 2 heterocycles. The zero-order valence-electron chi connectivity index (χ0n) is 13.8. The number of esters is 1. The number of carbonyl (C=O) groups excluding carboxylic acids is 1. The SMILES string of the molecule is COC(=O)[C@@H]1CN(Cn2cc(S(=O)(=O)N(C)C)ccc2=O)CCS1. The van der Waals surface area contributed by atoms with Crippen molar-refractivity contribution in [3.05, 3.63) is 28.7 Å². The number of nitrogens with zero attached hydrogens (tertiary/aromatic N) is 3. The zero-order valence-corrected chi connectivity index (χ0v) is 15.5. The predicted octanol–water partition coefficient (Wildman–Crippen LogP) is -0.353. The van der Waals surface area contributed by atoms with Crippen LogP contribution >= 0.6 is 11.8 Å². The quantitative estimate of drug-likeness (QED) is 0.650. The Morgan fingerprint density at radius 2 is 2.12 bits per heavy atom. The summed E-state index contributed by atoms with van der Waals surface area (Å²) in [6.45, 7) is 1.38. The van der Waals surface area contributed by atoms with Crippen LogP contribution in [-0.2, 0) is 26.2 Å². The molecule has 8 nitrogen and oxygen atoms in total. The minimum Gasteiger partial charge on any atom is -0.468 e. The van der Waals surface area contributed by atoms with E-state index in [0.717, 1.165) is 10.1 Å². The molecule has 0 aliphatic carbocycles. The van der Waals surface area contributed by atoms with Gasteiger partial charge in [0.15, 0.2) is 0 Å². The third kappa shape index (κ3) is 4.18. The number of aromatic nitrogens is 1. The van der Waals surface area contributed by atoms with Gasteiger partial charge in [-0.1, -0.05) is 0 Å². The van der Waals surface area contributed by atoms with Gasteiger partial charge in [-0.25, -0.2) is 12.7 Å². The number of hydrogen-bond acceptors (Lipinski definition) is 7. The van der Waals surface area contributed by atoms with E-state index in [2.05, 4.69) is 0 Å². The Hall–Kier alpha value is -1.36. The normalized spacial score (nSPS) is 19.4. The average molecular weight is 375 g/mol. The molecule has 0 unspecified atom stereocenters. The summed E-state index contributed by atoms with van der Waals surface area (Å²) in [5.41, 5.74) is -0.291. The second-order valence-electron chi connectivity index (χ2n) is 5.56. The average Bonchev–Trinajstić information content (AvgIpc) is 2.56. The lowest BCUT2D eigenvalue weighted by Crippen LogP contribution is -2.44. The number of pyridine rings is 1. The minimum absolute atomic E-state index is 0.0583.